The molecular weight excluding hydrogens is 359 g/mol. The van der Waals surface area contributed by atoms with Crippen LogP contribution in [-0.4, -0.2) is 49.1 Å². The zero-order valence-electron chi connectivity index (χ0n) is 14.8. The molecule has 142 valence electrons. The second kappa shape index (κ2) is 8.35. The van der Waals surface area contributed by atoms with Gasteiger partial charge in [-0.05, 0) is 49.8 Å². The number of carbonyl (C=O) groups is 2. The number of rotatable bonds is 7. The van der Waals surface area contributed by atoms with Crippen molar-refractivity contribution in [1.29, 1.82) is 0 Å². The van der Waals surface area contributed by atoms with Gasteiger partial charge < -0.3 is 10.1 Å². The van der Waals surface area contributed by atoms with E-state index in [4.69, 9.17) is 16.3 Å². The van der Waals surface area contributed by atoms with Crippen molar-refractivity contribution in [3.63, 3.8) is 0 Å². The lowest BCUT2D eigenvalue weighted by Crippen LogP contribution is -2.45. The Labute approximate surface area is 157 Å². The lowest BCUT2D eigenvalue weighted by Gasteiger charge is -2.30. The first kappa shape index (κ1) is 19.1. The van der Waals surface area contributed by atoms with Gasteiger partial charge in [0.15, 0.2) is 0 Å². The van der Waals surface area contributed by atoms with Crippen LogP contribution >= 0.6 is 11.6 Å². The summed E-state index contributed by atoms with van der Waals surface area (Å²) in [5.74, 6) is -0.592. The first-order valence-electron chi connectivity index (χ1n) is 9.03. The van der Waals surface area contributed by atoms with E-state index in [1.807, 2.05) is 0 Å². The van der Waals surface area contributed by atoms with Crippen molar-refractivity contribution in [2.24, 2.45) is 5.92 Å². The number of amides is 1. The predicted octanol–water partition coefficient (Wildman–Crippen LogP) is 3.02. The van der Waals surface area contributed by atoms with Crippen molar-refractivity contribution in [1.82, 2.24) is 10.2 Å². The fourth-order valence-corrected chi connectivity index (χ4v) is 3.76. The molecule has 1 aliphatic carbocycles. The monoisotopic (exact) mass is 382 g/mol. The van der Waals surface area contributed by atoms with Gasteiger partial charge in [-0.3, -0.25) is 14.5 Å². The maximum atomic E-state index is 13.9. The highest BCUT2D eigenvalue weighted by molar-refractivity contribution is 6.30. The third-order valence-corrected chi connectivity index (χ3v) is 5.48. The molecule has 1 aromatic rings. The minimum Gasteiger partial charge on any atom is -0.469 e. The van der Waals surface area contributed by atoms with E-state index in [1.165, 1.54) is 32.1 Å². The van der Waals surface area contributed by atoms with E-state index < -0.39 is 11.7 Å². The molecule has 2 fully saturated rings. The summed E-state index contributed by atoms with van der Waals surface area (Å²) in [6, 6.07) is 4.34. The summed E-state index contributed by atoms with van der Waals surface area (Å²) in [5.41, 5.74) is -0.00718. The molecule has 0 spiro atoms. The number of halogens is 2. The molecule has 26 heavy (non-hydrogen) atoms. The van der Waals surface area contributed by atoms with Crippen LogP contribution in [0.5, 0.6) is 0 Å². The molecule has 1 saturated carbocycles. The Kier molecular flexibility index (Phi) is 6.14. The lowest BCUT2D eigenvalue weighted by atomic mass is 10.1. The quantitative estimate of drug-likeness (QED) is 0.736. The number of likely N-dealkylation sites (tertiary alicyclic amines) is 1. The van der Waals surface area contributed by atoms with E-state index in [1.54, 1.807) is 0 Å². The Morgan fingerprint density at radius 3 is 2.65 bits per heavy atom. The molecule has 1 saturated heterocycles. The highest BCUT2D eigenvalue weighted by atomic mass is 35.5. The number of hydrogen-bond acceptors (Lipinski definition) is 4. The van der Waals surface area contributed by atoms with E-state index >= 15 is 0 Å². The van der Waals surface area contributed by atoms with Crippen LogP contribution in [0.25, 0.3) is 0 Å². The Morgan fingerprint density at radius 2 is 2.00 bits per heavy atom. The Morgan fingerprint density at radius 1 is 1.27 bits per heavy atom. The standard InChI is InChI=1S/C19H24ClFN2O3/c1-26-18(24)9-14-5-6-15(23(14)11-12-2-3-12)10-22-19(25)16-7-4-13(20)8-17(16)21/h4,7-8,12,14-15H,2-3,5-6,9-11H2,1H3,(H,22,25)/t14-,15+/m1/s1. The van der Waals surface area contributed by atoms with Crippen molar-refractivity contribution in [3.05, 3.63) is 34.6 Å². The van der Waals surface area contributed by atoms with E-state index in [9.17, 15) is 14.0 Å². The van der Waals surface area contributed by atoms with Gasteiger partial charge in [-0.2, -0.15) is 0 Å². The molecule has 2 aliphatic rings. The molecular formula is C19H24ClFN2O3. The molecule has 5 nitrogen and oxygen atoms in total. The number of benzene rings is 1. The summed E-state index contributed by atoms with van der Waals surface area (Å²) < 4.78 is 18.7. The van der Waals surface area contributed by atoms with Crippen LogP contribution in [0.2, 0.25) is 5.02 Å². The third kappa shape index (κ3) is 4.74. The number of nitrogens with one attached hydrogen (secondary N) is 1. The van der Waals surface area contributed by atoms with Crippen molar-refractivity contribution in [2.75, 3.05) is 20.2 Å². The van der Waals surface area contributed by atoms with E-state index in [-0.39, 0.29) is 28.6 Å². The van der Waals surface area contributed by atoms with Gasteiger partial charge in [0.1, 0.15) is 5.82 Å². The zero-order chi connectivity index (χ0) is 18.7. The SMILES string of the molecule is COC(=O)C[C@H]1CC[C@@H](CNC(=O)c2ccc(Cl)cc2F)N1CC1CC1. The highest BCUT2D eigenvalue weighted by Crippen LogP contribution is 2.35. The Hall–Kier alpha value is -1.66. The van der Waals surface area contributed by atoms with Crippen molar-refractivity contribution in [3.8, 4) is 0 Å². The van der Waals surface area contributed by atoms with Crippen LogP contribution in [0.3, 0.4) is 0 Å². The van der Waals surface area contributed by atoms with Gasteiger partial charge in [0.2, 0.25) is 0 Å². The topological polar surface area (TPSA) is 58.6 Å². The smallest absolute Gasteiger partial charge is 0.307 e. The molecule has 3 rings (SSSR count). The summed E-state index contributed by atoms with van der Waals surface area (Å²) in [7, 11) is 1.40. The maximum absolute atomic E-state index is 13.9. The molecule has 2 atom stereocenters. The fraction of sp³-hybridized carbons (Fsp3) is 0.579. The van der Waals surface area contributed by atoms with Crippen LogP contribution < -0.4 is 5.32 Å². The normalized spacial score (nSPS) is 23.0. The second-order valence-corrected chi connectivity index (χ2v) is 7.58. The zero-order valence-corrected chi connectivity index (χ0v) is 15.6. The third-order valence-electron chi connectivity index (χ3n) is 5.24. The predicted molar refractivity (Wildman–Crippen MR) is 96.6 cm³/mol. The summed E-state index contributed by atoms with van der Waals surface area (Å²) in [6.07, 6.45) is 4.61. The first-order valence-corrected chi connectivity index (χ1v) is 9.41. The Bertz CT molecular complexity index is 681. The van der Waals surface area contributed by atoms with Gasteiger partial charge in [-0.1, -0.05) is 11.6 Å². The summed E-state index contributed by atoms with van der Waals surface area (Å²) in [5, 5.41) is 3.09. The minimum absolute atomic E-state index is 0.00718. The van der Waals surface area contributed by atoms with Gasteiger partial charge >= 0.3 is 5.97 Å². The number of nitrogens with zero attached hydrogens (tertiary/aromatic N) is 1. The molecule has 0 aromatic heterocycles. The number of carbonyl (C=O) groups excluding carboxylic acids is 2. The minimum atomic E-state index is -0.625. The average Bonchev–Trinajstić information content (AvgIpc) is 3.35. The lowest BCUT2D eigenvalue weighted by molar-refractivity contribution is -0.141. The van der Waals surface area contributed by atoms with Gasteiger partial charge in [-0.25, -0.2) is 4.39 Å². The highest BCUT2D eigenvalue weighted by Gasteiger charge is 2.38. The van der Waals surface area contributed by atoms with Crippen LogP contribution in [0, 0.1) is 11.7 Å². The molecule has 0 radical (unpaired) electrons. The largest absolute Gasteiger partial charge is 0.469 e. The van der Waals surface area contributed by atoms with E-state index in [2.05, 4.69) is 10.2 Å². The molecule has 1 N–H and O–H groups in total. The van der Waals surface area contributed by atoms with Gasteiger partial charge in [0.05, 0.1) is 19.1 Å². The molecule has 1 heterocycles. The molecule has 7 heteroatoms. The molecule has 1 aromatic carbocycles. The van der Waals surface area contributed by atoms with Gasteiger partial charge in [0.25, 0.3) is 5.91 Å². The second-order valence-electron chi connectivity index (χ2n) is 7.14. The molecule has 0 bridgehead atoms. The van der Waals surface area contributed by atoms with Crippen LogP contribution in [-0.2, 0) is 9.53 Å². The van der Waals surface area contributed by atoms with E-state index in [0.29, 0.717) is 18.9 Å². The van der Waals surface area contributed by atoms with Crippen LogP contribution in [0.4, 0.5) is 4.39 Å². The first-order chi connectivity index (χ1) is 12.5. The number of esters is 1. The summed E-state index contributed by atoms with van der Waals surface area (Å²) >= 11 is 5.73. The average molecular weight is 383 g/mol. The maximum Gasteiger partial charge on any atom is 0.307 e. The number of methoxy groups -OCH3 is 1. The fourth-order valence-electron chi connectivity index (χ4n) is 3.60. The molecule has 0 unspecified atom stereocenters. The van der Waals surface area contributed by atoms with Crippen LogP contribution in [0.15, 0.2) is 18.2 Å². The number of hydrogen-bond donors (Lipinski definition) is 1. The van der Waals surface area contributed by atoms with Gasteiger partial charge in [0, 0.05) is 30.2 Å². The van der Waals surface area contributed by atoms with Crippen molar-refractivity contribution >= 4 is 23.5 Å². The summed E-state index contributed by atoms with van der Waals surface area (Å²) in [4.78, 5) is 26.3. The number of ether oxygens (including phenoxy) is 1. The molecule has 1 aliphatic heterocycles. The van der Waals surface area contributed by atoms with E-state index in [0.717, 1.165) is 25.5 Å². The Balaban J connectivity index is 1.60. The summed E-state index contributed by atoms with van der Waals surface area (Å²) in [6.45, 7) is 1.38. The van der Waals surface area contributed by atoms with Crippen molar-refractivity contribution < 1.29 is 18.7 Å². The van der Waals surface area contributed by atoms with Crippen LogP contribution in [0.1, 0.15) is 42.5 Å². The molecule has 1 amide bonds. The van der Waals surface area contributed by atoms with Gasteiger partial charge in [-0.15, -0.1) is 0 Å². The van der Waals surface area contributed by atoms with Crippen molar-refractivity contribution in [2.45, 2.75) is 44.2 Å².